The molecule has 1 unspecified atom stereocenters. The van der Waals surface area contributed by atoms with Crippen LogP contribution in [0.25, 0.3) is 0 Å². The molecule has 15 heavy (non-hydrogen) atoms. The van der Waals surface area contributed by atoms with Crippen molar-refractivity contribution in [1.82, 2.24) is 0 Å². The molecule has 0 aromatic carbocycles. The maximum Gasteiger partial charge on any atom is 0.330 e. The van der Waals surface area contributed by atoms with Crippen LogP contribution in [0.1, 0.15) is 45.4 Å². The normalized spacial score (nSPS) is 20.6. The van der Waals surface area contributed by atoms with Crippen LogP contribution in [-0.2, 0) is 4.79 Å². The van der Waals surface area contributed by atoms with Crippen molar-refractivity contribution in [2.75, 3.05) is 6.54 Å². The summed E-state index contributed by atoms with van der Waals surface area (Å²) >= 11 is 0. The number of azo groups is 1. The van der Waals surface area contributed by atoms with Crippen LogP contribution in [0.4, 0.5) is 0 Å². The Balaban J connectivity index is 2.11. The van der Waals surface area contributed by atoms with E-state index in [9.17, 15) is 4.79 Å². The van der Waals surface area contributed by atoms with E-state index < -0.39 is 12.0 Å². The molecule has 1 fully saturated rings. The predicted molar refractivity (Wildman–Crippen MR) is 58.0 cm³/mol. The first-order valence-electron chi connectivity index (χ1n) is 5.79. The molecule has 0 bridgehead atoms. The van der Waals surface area contributed by atoms with E-state index in [-0.39, 0.29) is 0 Å². The van der Waals surface area contributed by atoms with Crippen LogP contribution in [0.3, 0.4) is 0 Å². The summed E-state index contributed by atoms with van der Waals surface area (Å²) < 4.78 is 0. The number of hydrogen-bond donors (Lipinski definition) is 1. The fraction of sp³-hybridized carbons (Fsp3) is 0.909. The second-order valence-electron chi connectivity index (χ2n) is 4.29. The molecule has 1 aliphatic carbocycles. The zero-order valence-corrected chi connectivity index (χ0v) is 9.35. The van der Waals surface area contributed by atoms with Crippen molar-refractivity contribution in [1.29, 1.82) is 0 Å². The molecule has 0 heterocycles. The minimum atomic E-state index is -0.906. The van der Waals surface area contributed by atoms with E-state index >= 15 is 0 Å². The zero-order chi connectivity index (χ0) is 11.1. The third-order valence-electron chi connectivity index (χ3n) is 2.97. The van der Waals surface area contributed by atoms with Gasteiger partial charge in [0.15, 0.2) is 6.04 Å². The van der Waals surface area contributed by atoms with Crippen molar-refractivity contribution in [2.45, 2.75) is 51.5 Å². The summed E-state index contributed by atoms with van der Waals surface area (Å²) in [7, 11) is 0. The highest BCUT2D eigenvalue weighted by molar-refractivity contribution is 5.72. The van der Waals surface area contributed by atoms with Crippen LogP contribution in [0.15, 0.2) is 10.2 Å². The maximum atomic E-state index is 10.4. The molecule has 86 valence electrons. The highest BCUT2D eigenvalue weighted by atomic mass is 16.4. The third kappa shape index (κ3) is 4.91. The summed E-state index contributed by atoms with van der Waals surface area (Å²) in [5.74, 6) is -0.116. The van der Waals surface area contributed by atoms with Crippen LogP contribution < -0.4 is 0 Å². The fourth-order valence-electron chi connectivity index (χ4n) is 1.95. The Morgan fingerprint density at radius 3 is 2.67 bits per heavy atom. The van der Waals surface area contributed by atoms with Crippen LogP contribution in [0.5, 0.6) is 0 Å². The highest BCUT2D eigenvalue weighted by Crippen LogP contribution is 2.26. The minimum absolute atomic E-state index is 0.683. The lowest BCUT2D eigenvalue weighted by molar-refractivity contribution is -0.138. The van der Waals surface area contributed by atoms with E-state index in [4.69, 9.17) is 5.11 Å². The molecule has 1 aliphatic rings. The van der Waals surface area contributed by atoms with E-state index in [0.29, 0.717) is 6.54 Å². The van der Waals surface area contributed by atoms with Crippen LogP contribution in [0, 0.1) is 5.92 Å². The molecule has 1 N–H and O–H groups in total. The summed E-state index contributed by atoms with van der Waals surface area (Å²) in [6, 6.07) is -0.698. The van der Waals surface area contributed by atoms with Gasteiger partial charge in [-0.3, -0.25) is 0 Å². The van der Waals surface area contributed by atoms with Gasteiger partial charge in [0.05, 0.1) is 6.54 Å². The Morgan fingerprint density at radius 1 is 1.40 bits per heavy atom. The van der Waals surface area contributed by atoms with Crippen LogP contribution in [-0.4, -0.2) is 23.7 Å². The molecule has 0 spiro atoms. The first kappa shape index (κ1) is 12.1. The molecule has 0 radical (unpaired) electrons. The van der Waals surface area contributed by atoms with Crippen LogP contribution in [0.2, 0.25) is 0 Å². The van der Waals surface area contributed by atoms with Crippen molar-refractivity contribution in [3.8, 4) is 0 Å². The molecular formula is C11H20N2O2. The second kappa shape index (κ2) is 6.53. The molecule has 0 aromatic rings. The van der Waals surface area contributed by atoms with E-state index in [1.807, 2.05) is 0 Å². The van der Waals surface area contributed by atoms with Gasteiger partial charge in [-0.1, -0.05) is 32.1 Å². The van der Waals surface area contributed by atoms with Crippen molar-refractivity contribution in [3.63, 3.8) is 0 Å². The van der Waals surface area contributed by atoms with Gasteiger partial charge in [0, 0.05) is 0 Å². The van der Waals surface area contributed by atoms with E-state index in [1.165, 1.54) is 32.1 Å². The summed E-state index contributed by atoms with van der Waals surface area (Å²) in [4.78, 5) is 10.4. The molecule has 0 saturated heterocycles. The smallest absolute Gasteiger partial charge is 0.330 e. The number of rotatable bonds is 5. The quantitative estimate of drug-likeness (QED) is 0.712. The Kier molecular flexibility index (Phi) is 5.29. The molecular weight excluding hydrogens is 192 g/mol. The van der Waals surface area contributed by atoms with Gasteiger partial charge < -0.3 is 5.11 Å². The number of nitrogens with zero attached hydrogens (tertiary/aromatic N) is 2. The molecule has 4 nitrogen and oxygen atoms in total. The Bertz CT molecular complexity index is 223. The first-order valence-corrected chi connectivity index (χ1v) is 5.79. The third-order valence-corrected chi connectivity index (χ3v) is 2.97. The average molecular weight is 212 g/mol. The monoisotopic (exact) mass is 212 g/mol. The van der Waals surface area contributed by atoms with Crippen molar-refractivity contribution >= 4 is 5.97 Å². The molecule has 0 aliphatic heterocycles. The van der Waals surface area contributed by atoms with Gasteiger partial charge in [0.1, 0.15) is 0 Å². The van der Waals surface area contributed by atoms with Gasteiger partial charge >= 0.3 is 5.97 Å². The largest absolute Gasteiger partial charge is 0.480 e. The lowest BCUT2D eigenvalue weighted by Gasteiger charge is -2.20. The van der Waals surface area contributed by atoms with E-state index in [2.05, 4.69) is 10.2 Å². The lowest BCUT2D eigenvalue weighted by atomic mass is 9.87. The van der Waals surface area contributed by atoms with Crippen LogP contribution >= 0.6 is 0 Å². The Morgan fingerprint density at radius 2 is 2.07 bits per heavy atom. The minimum Gasteiger partial charge on any atom is -0.480 e. The summed E-state index contributed by atoms with van der Waals surface area (Å²) in [5.41, 5.74) is 0. The number of aliphatic carboxylic acids is 1. The zero-order valence-electron chi connectivity index (χ0n) is 9.35. The number of carboxylic acid groups (broad SMARTS) is 1. The summed E-state index contributed by atoms with van der Waals surface area (Å²) in [6.07, 6.45) is 7.73. The summed E-state index contributed by atoms with van der Waals surface area (Å²) in [6.45, 7) is 2.23. The molecule has 1 saturated carbocycles. The molecule has 1 rings (SSSR count). The van der Waals surface area contributed by atoms with Gasteiger partial charge in [-0.15, -0.1) is 0 Å². The predicted octanol–water partition coefficient (Wildman–Crippen LogP) is 2.88. The SMILES string of the molecule is CC(N=NCCC1CCCCC1)C(=O)O. The van der Waals surface area contributed by atoms with Gasteiger partial charge in [0.25, 0.3) is 0 Å². The van der Waals surface area contributed by atoms with E-state index in [1.54, 1.807) is 6.92 Å². The number of hydrogen-bond acceptors (Lipinski definition) is 3. The van der Waals surface area contributed by atoms with Gasteiger partial charge in [0.2, 0.25) is 0 Å². The van der Waals surface area contributed by atoms with Gasteiger partial charge in [-0.2, -0.15) is 10.2 Å². The maximum absolute atomic E-state index is 10.4. The standard InChI is InChI=1S/C11H20N2O2/c1-9(11(14)15)13-12-8-7-10-5-3-2-4-6-10/h9-10H,2-8H2,1H3,(H,14,15). The van der Waals surface area contributed by atoms with Gasteiger partial charge in [-0.25, -0.2) is 4.79 Å². The average Bonchev–Trinajstić information content (AvgIpc) is 2.25. The number of carbonyl (C=O) groups is 1. The van der Waals surface area contributed by atoms with Crippen molar-refractivity contribution in [3.05, 3.63) is 0 Å². The topological polar surface area (TPSA) is 62.0 Å². The van der Waals surface area contributed by atoms with Crippen molar-refractivity contribution < 1.29 is 9.90 Å². The lowest BCUT2D eigenvalue weighted by Crippen LogP contribution is -2.12. The molecule has 4 heteroatoms. The molecule has 0 aromatic heterocycles. The second-order valence-corrected chi connectivity index (χ2v) is 4.29. The highest BCUT2D eigenvalue weighted by Gasteiger charge is 2.12. The fourth-order valence-corrected chi connectivity index (χ4v) is 1.95. The van der Waals surface area contributed by atoms with Gasteiger partial charge in [-0.05, 0) is 19.3 Å². The Hall–Kier alpha value is -0.930. The first-order chi connectivity index (χ1) is 7.20. The molecule has 1 atom stereocenters. The van der Waals surface area contributed by atoms with E-state index in [0.717, 1.165) is 12.3 Å². The number of carboxylic acids is 1. The Labute approximate surface area is 90.8 Å². The molecule has 0 amide bonds. The van der Waals surface area contributed by atoms with Crippen molar-refractivity contribution in [2.24, 2.45) is 16.1 Å². The summed E-state index contributed by atoms with van der Waals surface area (Å²) in [5, 5.41) is 16.2.